The van der Waals surface area contributed by atoms with Crippen LogP contribution in [0.1, 0.15) is 24.8 Å². The molecule has 2 saturated heterocycles. The second kappa shape index (κ2) is 9.73. The van der Waals surface area contributed by atoms with E-state index in [9.17, 15) is 29.3 Å². The number of benzene rings is 2. The Morgan fingerprint density at radius 1 is 1.00 bits per heavy atom. The van der Waals surface area contributed by atoms with Crippen molar-refractivity contribution in [1.29, 1.82) is 0 Å². The number of nitrogens with zero attached hydrogens (tertiary/aromatic N) is 3. The van der Waals surface area contributed by atoms with Crippen molar-refractivity contribution in [2.24, 2.45) is 17.8 Å². The Balaban J connectivity index is 1.29. The van der Waals surface area contributed by atoms with Gasteiger partial charge in [0.05, 0.1) is 47.2 Å². The Kier molecular flexibility index (Phi) is 6.43. The van der Waals surface area contributed by atoms with Crippen LogP contribution in [0, 0.1) is 34.8 Å². The first-order valence-corrected chi connectivity index (χ1v) is 12.2. The van der Waals surface area contributed by atoms with Gasteiger partial charge in [0.2, 0.25) is 17.7 Å². The predicted molar refractivity (Wildman–Crippen MR) is 135 cm³/mol. The number of allylic oxidation sites excluding steroid dienone is 2. The minimum absolute atomic E-state index is 0.0243. The first-order chi connectivity index (χ1) is 18.2. The van der Waals surface area contributed by atoms with Gasteiger partial charge in [-0.25, -0.2) is 4.90 Å². The van der Waals surface area contributed by atoms with Gasteiger partial charge in [0, 0.05) is 19.0 Å². The average Bonchev–Trinajstić information content (AvgIpc) is 3.41. The van der Waals surface area contributed by atoms with Crippen molar-refractivity contribution in [2.45, 2.75) is 26.2 Å². The lowest BCUT2D eigenvalue weighted by Gasteiger charge is -2.19. The zero-order chi connectivity index (χ0) is 27.1. The molecule has 3 aliphatic rings. The summed E-state index contributed by atoms with van der Waals surface area (Å²) >= 11 is 0. The van der Waals surface area contributed by atoms with Gasteiger partial charge in [0.15, 0.2) is 0 Å². The molecule has 2 fully saturated rings. The number of anilines is 2. The van der Waals surface area contributed by atoms with E-state index in [1.165, 1.54) is 41.2 Å². The largest absolute Gasteiger partial charge is 0.494 e. The maximum Gasteiger partial charge on any atom is 0.316 e. The molecule has 11 heteroatoms. The van der Waals surface area contributed by atoms with Gasteiger partial charge >= 0.3 is 5.97 Å². The molecule has 0 bridgehead atoms. The molecular weight excluding hydrogens is 494 g/mol. The Hall–Kier alpha value is -4.54. The number of methoxy groups -OCH3 is 1. The fourth-order valence-electron chi connectivity index (χ4n) is 5.28. The molecule has 0 spiro atoms. The third-order valence-electron chi connectivity index (χ3n) is 7.26. The number of aryl methyl sites for hydroxylation is 1. The molecule has 2 aliphatic heterocycles. The fraction of sp³-hybridized carbons (Fsp3) is 0.333. The van der Waals surface area contributed by atoms with E-state index in [0.29, 0.717) is 29.8 Å². The SMILES string of the molecule is COc1cc([N+](=O)[O-])ccc1N1C[C@H](C(=O)Oc2ccc(N3C(=O)[C@H]4CC=CC[C@@H]4C3=O)c(C)c2)CC1=O. The van der Waals surface area contributed by atoms with Crippen molar-refractivity contribution in [3.05, 3.63) is 64.2 Å². The molecule has 11 nitrogen and oxygen atoms in total. The minimum atomic E-state index is -0.764. The lowest BCUT2D eigenvalue weighted by atomic mass is 9.85. The van der Waals surface area contributed by atoms with Crippen molar-refractivity contribution < 1.29 is 33.6 Å². The third-order valence-corrected chi connectivity index (χ3v) is 7.26. The van der Waals surface area contributed by atoms with Crippen LogP contribution in [0.2, 0.25) is 0 Å². The predicted octanol–water partition coefficient (Wildman–Crippen LogP) is 3.33. The minimum Gasteiger partial charge on any atom is -0.494 e. The van der Waals surface area contributed by atoms with Crippen molar-refractivity contribution in [3.8, 4) is 11.5 Å². The molecule has 0 aromatic heterocycles. The molecule has 1 aliphatic carbocycles. The number of fused-ring (bicyclic) bond motifs is 1. The Morgan fingerprint density at radius 3 is 2.26 bits per heavy atom. The number of nitro benzene ring substituents is 1. The normalized spacial score (nSPS) is 22.6. The lowest BCUT2D eigenvalue weighted by molar-refractivity contribution is -0.384. The molecule has 2 aromatic rings. The summed E-state index contributed by atoms with van der Waals surface area (Å²) in [5, 5.41) is 11.1. The van der Waals surface area contributed by atoms with Crippen LogP contribution >= 0.6 is 0 Å². The van der Waals surface area contributed by atoms with E-state index in [2.05, 4.69) is 0 Å². The van der Waals surface area contributed by atoms with E-state index in [1.807, 2.05) is 12.2 Å². The van der Waals surface area contributed by atoms with Gasteiger partial charge in [0.25, 0.3) is 5.69 Å². The quantitative estimate of drug-likeness (QED) is 0.142. The van der Waals surface area contributed by atoms with Gasteiger partial charge in [-0.05, 0) is 49.6 Å². The van der Waals surface area contributed by atoms with E-state index in [-0.39, 0.29) is 59.7 Å². The van der Waals surface area contributed by atoms with Crippen molar-refractivity contribution in [2.75, 3.05) is 23.5 Å². The highest BCUT2D eigenvalue weighted by Crippen LogP contribution is 2.40. The summed E-state index contributed by atoms with van der Waals surface area (Å²) in [4.78, 5) is 64.5. The van der Waals surface area contributed by atoms with E-state index >= 15 is 0 Å². The van der Waals surface area contributed by atoms with Crippen LogP contribution in [0.3, 0.4) is 0 Å². The standard InChI is InChI=1S/C27H25N3O8/c1-15-11-18(8-10-21(15)29-25(32)19-5-3-4-6-20(19)26(29)33)38-27(34)16-12-24(31)28(14-16)22-9-7-17(30(35)36)13-23(22)37-2/h3-4,7-11,13,16,19-20H,5-6,12,14H2,1-2H3/t16-,19+,20+/m1/s1. The zero-order valence-corrected chi connectivity index (χ0v) is 20.8. The van der Waals surface area contributed by atoms with Crippen molar-refractivity contribution in [1.82, 2.24) is 0 Å². The summed E-state index contributed by atoms with van der Waals surface area (Å²) in [5.74, 6) is -2.47. The molecule has 0 unspecified atom stereocenters. The van der Waals surface area contributed by atoms with Crippen LogP contribution in [0.25, 0.3) is 0 Å². The zero-order valence-electron chi connectivity index (χ0n) is 20.8. The van der Waals surface area contributed by atoms with E-state index in [4.69, 9.17) is 9.47 Å². The average molecular weight is 520 g/mol. The van der Waals surface area contributed by atoms with Crippen LogP contribution in [0.15, 0.2) is 48.6 Å². The van der Waals surface area contributed by atoms with Gasteiger partial charge < -0.3 is 14.4 Å². The number of imide groups is 1. The highest BCUT2D eigenvalue weighted by atomic mass is 16.6. The number of carbonyl (C=O) groups is 4. The lowest BCUT2D eigenvalue weighted by Crippen LogP contribution is -2.31. The summed E-state index contributed by atoms with van der Waals surface area (Å²) < 4.78 is 10.8. The molecule has 5 rings (SSSR count). The van der Waals surface area contributed by atoms with Crippen LogP contribution in [-0.4, -0.2) is 42.3 Å². The molecule has 0 radical (unpaired) electrons. The topological polar surface area (TPSA) is 136 Å². The summed E-state index contributed by atoms with van der Waals surface area (Å²) in [6.07, 6.45) is 4.85. The van der Waals surface area contributed by atoms with Crippen LogP contribution in [0.5, 0.6) is 11.5 Å². The van der Waals surface area contributed by atoms with Gasteiger partial charge in [-0.2, -0.15) is 0 Å². The summed E-state index contributed by atoms with van der Waals surface area (Å²) in [7, 11) is 1.34. The smallest absolute Gasteiger partial charge is 0.316 e. The monoisotopic (exact) mass is 519 g/mol. The number of esters is 1. The number of hydrogen-bond donors (Lipinski definition) is 0. The molecule has 0 saturated carbocycles. The highest BCUT2D eigenvalue weighted by Gasteiger charge is 2.48. The van der Waals surface area contributed by atoms with Gasteiger partial charge in [0.1, 0.15) is 11.5 Å². The summed E-state index contributed by atoms with van der Waals surface area (Å²) in [6.45, 7) is 1.76. The number of carbonyl (C=O) groups excluding carboxylic acids is 4. The van der Waals surface area contributed by atoms with E-state index in [1.54, 1.807) is 19.1 Å². The molecule has 3 amide bonds. The third kappa shape index (κ3) is 4.29. The number of nitro groups is 1. The Labute approximate surface area is 217 Å². The first kappa shape index (κ1) is 25.1. The molecule has 2 heterocycles. The van der Waals surface area contributed by atoms with Crippen molar-refractivity contribution >= 4 is 40.8 Å². The maximum atomic E-state index is 12.9. The number of hydrogen-bond acceptors (Lipinski definition) is 8. The van der Waals surface area contributed by atoms with Crippen molar-refractivity contribution in [3.63, 3.8) is 0 Å². The summed E-state index contributed by atoms with van der Waals surface area (Å²) in [6, 6.07) is 8.60. The first-order valence-electron chi connectivity index (χ1n) is 12.2. The molecule has 0 N–H and O–H groups in total. The van der Waals surface area contributed by atoms with E-state index < -0.39 is 16.8 Å². The second-order valence-corrected chi connectivity index (χ2v) is 9.56. The van der Waals surface area contributed by atoms with Crippen LogP contribution < -0.4 is 19.3 Å². The van der Waals surface area contributed by atoms with Gasteiger partial charge in [-0.15, -0.1) is 0 Å². The molecule has 3 atom stereocenters. The number of amides is 3. The van der Waals surface area contributed by atoms with E-state index in [0.717, 1.165) is 0 Å². The summed E-state index contributed by atoms with van der Waals surface area (Å²) in [5.41, 5.74) is 1.21. The molecule has 196 valence electrons. The number of rotatable bonds is 6. The molecular formula is C27H25N3O8. The molecule has 2 aromatic carbocycles. The fourth-order valence-corrected chi connectivity index (χ4v) is 5.28. The van der Waals surface area contributed by atoms with Gasteiger partial charge in [-0.1, -0.05) is 12.2 Å². The second-order valence-electron chi connectivity index (χ2n) is 9.56. The van der Waals surface area contributed by atoms with Crippen LogP contribution in [0.4, 0.5) is 17.1 Å². The number of ether oxygens (including phenoxy) is 2. The Bertz CT molecular complexity index is 1370. The van der Waals surface area contributed by atoms with Gasteiger partial charge in [-0.3, -0.25) is 29.3 Å². The Morgan fingerprint density at radius 2 is 1.66 bits per heavy atom. The maximum absolute atomic E-state index is 12.9. The van der Waals surface area contributed by atoms with Crippen LogP contribution in [-0.2, 0) is 19.2 Å². The number of non-ortho nitro benzene ring substituents is 1. The molecule has 38 heavy (non-hydrogen) atoms. The highest BCUT2D eigenvalue weighted by molar-refractivity contribution is 6.22.